The van der Waals surface area contributed by atoms with E-state index in [9.17, 15) is 9.90 Å². The number of carboxylic acid groups (broad SMARTS) is 1. The lowest BCUT2D eigenvalue weighted by Crippen LogP contribution is -2.29. The fourth-order valence-corrected chi connectivity index (χ4v) is 5.26. The van der Waals surface area contributed by atoms with E-state index in [0.29, 0.717) is 5.56 Å². The highest BCUT2D eigenvalue weighted by Crippen LogP contribution is 2.37. The highest BCUT2D eigenvalue weighted by atomic mass is 32.2. The number of carbonyl (C=O) groups is 1. The molecular weight excluding hydrogens is 414 g/mol. The van der Waals surface area contributed by atoms with Crippen molar-refractivity contribution in [3.63, 3.8) is 0 Å². The van der Waals surface area contributed by atoms with Crippen LogP contribution in [0.15, 0.2) is 53.0 Å². The van der Waals surface area contributed by atoms with Crippen LogP contribution in [0.4, 0.5) is 11.4 Å². The Bertz CT molecular complexity index is 1020. The number of nitrogens with one attached hydrogen (secondary N) is 1. The number of thiazole rings is 1. The van der Waals surface area contributed by atoms with Gasteiger partial charge >= 0.3 is 5.97 Å². The Kier molecular flexibility index (Phi) is 6.59. The quantitative estimate of drug-likeness (QED) is 0.429. The van der Waals surface area contributed by atoms with E-state index in [4.69, 9.17) is 0 Å². The van der Waals surface area contributed by atoms with Crippen molar-refractivity contribution in [2.24, 2.45) is 0 Å². The van der Waals surface area contributed by atoms with Crippen molar-refractivity contribution < 1.29 is 9.90 Å². The van der Waals surface area contributed by atoms with Gasteiger partial charge in [0.05, 0.1) is 27.3 Å². The van der Waals surface area contributed by atoms with Crippen molar-refractivity contribution in [2.75, 3.05) is 22.7 Å². The molecule has 4 rings (SSSR count). The van der Waals surface area contributed by atoms with E-state index in [-0.39, 0.29) is 0 Å². The Hall–Kier alpha value is -2.51. The first-order valence-electron chi connectivity index (χ1n) is 10.2. The van der Waals surface area contributed by atoms with Crippen LogP contribution in [-0.2, 0) is 6.42 Å². The van der Waals surface area contributed by atoms with Crippen LogP contribution in [0.3, 0.4) is 0 Å². The van der Waals surface area contributed by atoms with Crippen LogP contribution in [0.25, 0.3) is 10.4 Å². The van der Waals surface area contributed by atoms with Crippen molar-refractivity contribution in [3.8, 4) is 10.4 Å². The van der Waals surface area contributed by atoms with Gasteiger partial charge in [0.1, 0.15) is 0 Å². The molecule has 1 aromatic heterocycles. The van der Waals surface area contributed by atoms with Gasteiger partial charge in [-0.25, -0.2) is 4.79 Å². The second kappa shape index (κ2) is 9.53. The summed E-state index contributed by atoms with van der Waals surface area (Å²) < 4.78 is 3.54. The van der Waals surface area contributed by atoms with Crippen LogP contribution in [0, 0.1) is 0 Å². The zero-order valence-corrected chi connectivity index (χ0v) is 18.6. The van der Waals surface area contributed by atoms with E-state index in [2.05, 4.69) is 39.7 Å². The minimum atomic E-state index is -0.902. The summed E-state index contributed by atoms with van der Waals surface area (Å²) in [7, 11) is 0. The number of benzene rings is 2. The predicted molar refractivity (Wildman–Crippen MR) is 126 cm³/mol. The van der Waals surface area contributed by atoms with Gasteiger partial charge in [0.2, 0.25) is 0 Å². The fourth-order valence-electron chi connectivity index (χ4n) is 3.72. The smallest absolute Gasteiger partial charge is 0.335 e. The summed E-state index contributed by atoms with van der Waals surface area (Å²) in [6.45, 7) is 4.21. The summed E-state index contributed by atoms with van der Waals surface area (Å²) in [4.78, 5) is 20.2. The first kappa shape index (κ1) is 20.8. The first-order chi connectivity index (χ1) is 14.7. The lowest BCUT2D eigenvalue weighted by atomic mass is 10.1. The zero-order valence-electron chi connectivity index (χ0n) is 16.9. The standard InChI is InChI=1S/C23H25N3O2S2/c1-2-16-6-7-18(23(27)28)13-21(16)30-25-19-12-17(22-14-24-15-29-22)8-9-20(19)26-10-4-3-5-11-26/h6-9,12-15,25H,2-5,10-11H2,1H3,(H,27,28). The van der Waals surface area contributed by atoms with E-state index >= 15 is 0 Å². The van der Waals surface area contributed by atoms with Crippen LogP contribution in [0.5, 0.6) is 0 Å². The van der Waals surface area contributed by atoms with Gasteiger partial charge in [0, 0.05) is 24.2 Å². The lowest BCUT2D eigenvalue weighted by Gasteiger charge is -2.31. The monoisotopic (exact) mass is 439 g/mol. The number of anilines is 2. The van der Waals surface area contributed by atoms with Crippen molar-refractivity contribution in [1.29, 1.82) is 0 Å². The van der Waals surface area contributed by atoms with Gasteiger partial charge in [-0.15, -0.1) is 11.3 Å². The molecule has 0 bridgehead atoms. The molecule has 5 nitrogen and oxygen atoms in total. The Labute approximate surface area is 185 Å². The fraction of sp³-hybridized carbons (Fsp3) is 0.304. The molecule has 3 aromatic rings. The van der Waals surface area contributed by atoms with Crippen molar-refractivity contribution in [1.82, 2.24) is 4.98 Å². The molecule has 7 heteroatoms. The molecule has 1 aliphatic rings. The molecule has 30 heavy (non-hydrogen) atoms. The summed E-state index contributed by atoms with van der Waals surface area (Å²) in [6.07, 6.45) is 6.45. The third kappa shape index (κ3) is 4.63. The molecule has 156 valence electrons. The van der Waals surface area contributed by atoms with Crippen molar-refractivity contribution in [2.45, 2.75) is 37.5 Å². The molecule has 1 saturated heterocycles. The number of hydrogen-bond donors (Lipinski definition) is 2. The van der Waals surface area contributed by atoms with Gasteiger partial charge in [0.15, 0.2) is 0 Å². The molecule has 2 aromatic carbocycles. The minimum absolute atomic E-state index is 0.311. The lowest BCUT2D eigenvalue weighted by molar-refractivity contribution is 0.0696. The predicted octanol–water partition coefficient (Wildman–Crippen LogP) is 6.18. The molecule has 0 saturated carbocycles. The second-order valence-corrected chi connectivity index (χ2v) is 9.07. The Morgan fingerprint density at radius 1 is 1.20 bits per heavy atom. The van der Waals surface area contributed by atoms with Crippen molar-refractivity contribution >= 4 is 40.6 Å². The molecule has 1 fully saturated rings. The number of carboxylic acids is 1. The SMILES string of the molecule is CCc1ccc(C(=O)O)cc1SNc1cc(-c2cncs2)ccc1N1CCCCC1. The van der Waals surface area contributed by atoms with Crippen LogP contribution < -0.4 is 9.62 Å². The maximum Gasteiger partial charge on any atom is 0.335 e. The Morgan fingerprint density at radius 2 is 2.03 bits per heavy atom. The molecule has 0 aliphatic carbocycles. The largest absolute Gasteiger partial charge is 0.478 e. The van der Waals surface area contributed by atoms with E-state index < -0.39 is 5.97 Å². The van der Waals surface area contributed by atoms with E-state index in [1.165, 1.54) is 36.9 Å². The Balaban J connectivity index is 1.65. The van der Waals surface area contributed by atoms with Gasteiger partial charge in [0.25, 0.3) is 0 Å². The Morgan fingerprint density at radius 3 is 2.73 bits per heavy atom. The third-order valence-corrected chi connectivity index (χ3v) is 7.12. The summed E-state index contributed by atoms with van der Waals surface area (Å²) >= 11 is 3.12. The minimum Gasteiger partial charge on any atom is -0.478 e. The second-order valence-electron chi connectivity index (χ2n) is 7.33. The topological polar surface area (TPSA) is 65.5 Å². The van der Waals surface area contributed by atoms with E-state index in [1.54, 1.807) is 23.5 Å². The van der Waals surface area contributed by atoms with Crippen LogP contribution in [-0.4, -0.2) is 29.1 Å². The van der Waals surface area contributed by atoms with Gasteiger partial charge in [-0.05, 0) is 73.0 Å². The van der Waals surface area contributed by atoms with Crippen LogP contribution in [0.1, 0.15) is 42.1 Å². The summed E-state index contributed by atoms with van der Waals surface area (Å²) in [6, 6.07) is 11.9. The summed E-state index contributed by atoms with van der Waals surface area (Å²) in [5.74, 6) is -0.902. The van der Waals surface area contributed by atoms with E-state index in [1.807, 2.05) is 17.8 Å². The maximum atomic E-state index is 11.4. The zero-order chi connectivity index (χ0) is 20.9. The number of aromatic carboxylic acids is 1. The molecule has 2 N–H and O–H groups in total. The summed E-state index contributed by atoms with van der Waals surface area (Å²) in [5, 5.41) is 9.37. The first-order valence-corrected chi connectivity index (χ1v) is 11.9. The third-order valence-electron chi connectivity index (χ3n) is 5.38. The highest BCUT2D eigenvalue weighted by molar-refractivity contribution is 8.00. The van der Waals surface area contributed by atoms with Gasteiger partial charge < -0.3 is 14.7 Å². The molecular formula is C23H25N3O2S2. The van der Waals surface area contributed by atoms with E-state index in [0.717, 1.165) is 46.1 Å². The molecule has 1 aliphatic heterocycles. The van der Waals surface area contributed by atoms with Gasteiger partial charge in [-0.2, -0.15) is 0 Å². The number of aromatic nitrogens is 1. The summed E-state index contributed by atoms with van der Waals surface area (Å²) in [5.41, 5.74) is 6.68. The molecule has 0 spiro atoms. The number of piperidine rings is 1. The molecule has 0 atom stereocenters. The number of rotatable bonds is 7. The molecule has 2 heterocycles. The van der Waals surface area contributed by atoms with Gasteiger partial charge in [-0.3, -0.25) is 4.98 Å². The van der Waals surface area contributed by atoms with Crippen molar-refractivity contribution in [3.05, 3.63) is 59.2 Å². The maximum absolute atomic E-state index is 11.4. The van der Waals surface area contributed by atoms with Gasteiger partial charge in [-0.1, -0.05) is 19.1 Å². The molecule has 0 amide bonds. The number of hydrogen-bond acceptors (Lipinski definition) is 6. The number of nitrogens with zero attached hydrogens (tertiary/aromatic N) is 2. The van der Waals surface area contributed by atoms with Crippen LogP contribution >= 0.6 is 23.3 Å². The normalized spacial score (nSPS) is 14.0. The average molecular weight is 440 g/mol. The average Bonchev–Trinajstić information content (AvgIpc) is 3.33. The number of aryl methyl sites for hydroxylation is 1. The molecule has 0 unspecified atom stereocenters. The van der Waals surface area contributed by atoms with Crippen LogP contribution in [0.2, 0.25) is 0 Å². The highest BCUT2D eigenvalue weighted by Gasteiger charge is 2.17. The molecule has 0 radical (unpaired) electrons.